The van der Waals surface area contributed by atoms with Crippen LogP contribution in [0.2, 0.25) is 0 Å². The van der Waals surface area contributed by atoms with E-state index in [0.29, 0.717) is 21.8 Å². The summed E-state index contributed by atoms with van der Waals surface area (Å²) in [6, 6.07) is 16.9. The molecule has 0 unspecified atom stereocenters. The topological polar surface area (TPSA) is 75.7 Å². The van der Waals surface area contributed by atoms with Crippen LogP contribution < -0.4 is 15.0 Å². The van der Waals surface area contributed by atoms with Crippen LogP contribution in [-0.2, 0) is 16.2 Å². The van der Waals surface area contributed by atoms with Crippen molar-refractivity contribution < 1.29 is 27.9 Å². The molecular formula is C24H16F2N2O4. The monoisotopic (exact) mass is 434 g/mol. The molecule has 4 rings (SSSR count). The smallest absolute Gasteiger partial charge is 0.336 e. The molecule has 3 aromatic carbocycles. The van der Waals surface area contributed by atoms with E-state index in [0.717, 1.165) is 6.07 Å². The predicted octanol–water partition coefficient (Wildman–Crippen LogP) is 4.21. The summed E-state index contributed by atoms with van der Waals surface area (Å²) in [5.41, 5.74) is 0.295. The number of hydrogen-bond acceptors (Lipinski definition) is 4. The Labute approximate surface area is 181 Å². The van der Waals surface area contributed by atoms with Crippen LogP contribution in [0.3, 0.4) is 0 Å². The Bertz CT molecular complexity index is 1240. The number of imide groups is 2. The van der Waals surface area contributed by atoms with Crippen molar-refractivity contribution in [1.29, 1.82) is 0 Å². The van der Waals surface area contributed by atoms with Gasteiger partial charge in [0.15, 0.2) is 0 Å². The van der Waals surface area contributed by atoms with Gasteiger partial charge >= 0.3 is 6.03 Å². The molecule has 1 aliphatic rings. The van der Waals surface area contributed by atoms with E-state index >= 15 is 0 Å². The van der Waals surface area contributed by atoms with Crippen molar-refractivity contribution >= 4 is 29.6 Å². The lowest BCUT2D eigenvalue weighted by atomic mass is 10.1. The van der Waals surface area contributed by atoms with Crippen LogP contribution in [0.1, 0.15) is 11.1 Å². The van der Waals surface area contributed by atoms with Gasteiger partial charge in [-0.15, -0.1) is 0 Å². The first-order chi connectivity index (χ1) is 15.4. The second-order valence-electron chi connectivity index (χ2n) is 6.86. The molecule has 8 heteroatoms. The third-order valence-electron chi connectivity index (χ3n) is 4.74. The Hall–Kier alpha value is -4.33. The summed E-state index contributed by atoms with van der Waals surface area (Å²) in [4.78, 5) is 37.8. The van der Waals surface area contributed by atoms with E-state index in [1.165, 1.54) is 30.3 Å². The lowest BCUT2D eigenvalue weighted by Gasteiger charge is -2.26. The van der Waals surface area contributed by atoms with Gasteiger partial charge in [-0.25, -0.2) is 18.5 Å². The predicted molar refractivity (Wildman–Crippen MR) is 113 cm³/mol. The van der Waals surface area contributed by atoms with Crippen molar-refractivity contribution in [2.24, 2.45) is 0 Å². The fourth-order valence-electron chi connectivity index (χ4n) is 3.11. The molecule has 32 heavy (non-hydrogen) atoms. The van der Waals surface area contributed by atoms with Gasteiger partial charge < -0.3 is 4.74 Å². The van der Waals surface area contributed by atoms with Crippen LogP contribution in [0, 0.1) is 11.6 Å². The quantitative estimate of drug-likeness (QED) is 0.482. The zero-order valence-electron chi connectivity index (χ0n) is 16.5. The molecule has 0 aromatic heterocycles. The highest BCUT2D eigenvalue weighted by molar-refractivity contribution is 6.39. The minimum atomic E-state index is -1.03. The second-order valence-corrected chi connectivity index (χ2v) is 6.86. The maximum Gasteiger partial charge on any atom is 0.336 e. The molecule has 4 amide bonds. The fourth-order valence-corrected chi connectivity index (χ4v) is 3.11. The van der Waals surface area contributed by atoms with Crippen LogP contribution in [0.4, 0.5) is 19.3 Å². The number of rotatable bonds is 5. The van der Waals surface area contributed by atoms with Crippen LogP contribution in [0.15, 0.2) is 78.4 Å². The lowest BCUT2D eigenvalue weighted by Crippen LogP contribution is -2.54. The molecule has 1 fully saturated rings. The van der Waals surface area contributed by atoms with Gasteiger partial charge in [-0.2, -0.15) is 0 Å². The van der Waals surface area contributed by atoms with Gasteiger partial charge in [0, 0.05) is 5.56 Å². The van der Waals surface area contributed by atoms with Crippen molar-refractivity contribution in [3.63, 3.8) is 0 Å². The maximum absolute atomic E-state index is 14.1. The number of halogens is 2. The molecule has 0 radical (unpaired) electrons. The third kappa shape index (κ3) is 4.24. The molecular weight excluding hydrogens is 418 g/mol. The van der Waals surface area contributed by atoms with Gasteiger partial charge in [0.2, 0.25) is 0 Å². The van der Waals surface area contributed by atoms with Crippen molar-refractivity contribution in [3.05, 3.63) is 101 Å². The van der Waals surface area contributed by atoms with Gasteiger partial charge in [0.05, 0.1) is 5.69 Å². The molecule has 1 N–H and O–H groups in total. The first-order valence-corrected chi connectivity index (χ1v) is 9.56. The number of amides is 4. The van der Waals surface area contributed by atoms with Gasteiger partial charge in [0.1, 0.15) is 29.6 Å². The zero-order valence-corrected chi connectivity index (χ0v) is 16.5. The van der Waals surface area contributed by atoms with Crippen LogP contribution in [0.5, 0.6) is 5.75 Å². The Balaban J connectivity index is 1.54. The first kappa shape index (κ1) is 20.9. The molecule has 3 aromatic rings. The molecule has 1 saturated heterocycles. The number of anilines is 1. The molecule has 6 nitrogen and oxygen atoms in total. The third-order valence-corrected chi connectivity index (χ3v) is 4.74. The maximum atomic E-state index is 14.1. The van der Waals surface area contributed by atoms with Gasteiger partial charge in [-0.1, -0.05) is 42.5 Å². The number of benzene rings is 3. The normalized spacial score (nSPS) is 15.1. The fraction of sp³-hybridized carbons (Fsp3) is 0.0417. The van der Waals surface area contributed by atoms with Crippen LogP contribution in [-0.4, -0.2) is 17.8 Å². The number of ether oxygens (including phenoxy) is 1. The average molecular weight is 434 g/mol. The molecule has 0 aliphatic carbocycles. The summed E-state index contributed by atoms with van der Waals surface area (Å²) in [6.07, 6.45) is 1.29. The molecule has 1 heterocycles. The zero-order chi connectivity index (χ0) is 22.7. The molecule has 0 saturated carbocycles. The SMILES string of the molecule is O=C1NC(=O)N(c2ccccc2F)C(=O)C1=Cc1ccc(OCc2ccccc2F)cc1. The van der Waals surface area contributed by atoms with E-state index < -0.39 is 23.7 Å². The van der Waals surface area contributed by atoms with Crippen molar-refractivity contribution in [3.8, 4) is 5.75 Å². The van der Waals surface area contributed by atoms with E-state index in [1.54, 1.807) is 42.5 Å². The van der Waals surface area contributed by atoms with Crippen LogP contribution >= 0.6 is 0 Å². The summed E-state index contributed by atoms with van der Waals surface area (Å²) in [5.74, 6) is -2.51. The molecule has 160 valence electrons. The number of barbiturate groups is 1. The Morgan fingerprint density at radius 3 is 2.19 bits per heavy atom. The van der Waals surface area contributed by atoms with Gasteiger partial charge in [0.25, 0.3) is 11.8 Å². The summed E-state index contributed by atoms with van der Waals surface area (Å²) in [6.45, 7) is 0.0354. The Kier molecular flexibility index (Phi) is 5.76. The van der Waals surface area contributed by atoms with E-state index in [9.17, 15) is 23.2 Å². The van der Waals surface area contributed by atoms with Crippen molar-refractivity contribution in [2.75, 3.05) is 4.90 Å². The van der Waals surface area contributed by atoms with E-state index in [2.05, 4.69) is 0 Å². The summed E-state index contributed by atoms with van der Waals surface area (Å²) in [7, 11) is 0. The Morgan fingerprint density at radius 1 is 0.844 bits per heavy atom. The number of carbonyl (C=O) groups excluding carboxylic acids is 3. The molecule has 0 bridgehead atoms. The summed E-state index contributed by atoms with van der Waals surface area (Å²) in [5, 5.41) is 2.04. The Morgan fingerprint density at radius 2 is 1.50 bits per heavy atom. The highest BCUT2D eigenvalue weighted by atomic mass is 19.1. The van der Waals surface area contributed by atoms with E-state index in [4.69, 9.17) is 4.74 Å². The number of hydrogen-bond donors (Lipinski definition) is 1. The highest BCUT2D eigenvalue weighted by Crippen LogP contribution is 2.25. The number of nitrogens with one attached hydrogen (secondary N) is 1. The average Bonchev–Trinajstić information content (AvgIpc) is 2.78. The minimum absolute atomic E-state index is 0.0354. The van der Waals surface area contributed by atoms with Gasteiger partial charge in [-0.3, -0.25) is 14.9 Å². The lowest BCUT2D eigenvalue weighted by molar-refractivity contribution is -0.122. The molecule has 1 aliphatic heterocycles. The highest BCUT2D eigenvalue weighted by Gasteiger charge is 2.37. The molecule has 0 atom stereocenters. The number of carbonyl (C=O) groups is 3. The summed E-state index contributed by atoms with van der Waals surface area (Å²) < 4.78 is 33.4. The summed E-state index contributed by atoms with van der Waals surface area (Å²) >= 11 is 0. The number of nitrogens with zero attached hydrogens (tertiary/aromatic N) is 1. The minimum Gasteiger partial charge on any atom is -0.489 e. The van der Waals surface area contributed by atoms with E-state index in [-0.39, 0.29) is 23.7 Å². The number of para-hydroxylation sites is 1. The van der Waals surface area contributed by atoms with E-state index in [1.807, 2.05) is 5.32 Å². The van der Waals surface area contributed by atoms with Crippen molar-refractivity contribution in [2.45, 2.75) is 6.61 Å². The molecule has 0 spiro atoms. The van der Waals surface area contributed by atoms with Crippen LogP contribution in [0.25, 0.3) is 6.08 Å². The standard InChI is InChI=1S/C24H16F2N2O4/c25-19-6-2-1-5-16(19)14-32-17-11-9-15(10-12-17)13-18-22(29)27-24(31)28(23(18)30)21-8-4-3-7-20(21)26/h1-13H,14H2,(H,27,29,31). The number of urea groups is 1. The van der Waals surface area contributed by atoms with Crippen molar-refractivity contribution in [1.82, 2.24) is 5.32 Å². The first-order valence-electron chi connectivity index (χ1n) is 9.56. The largest absolute Gasteiger partial charge is 0.489 e. The second kappa shape index (κ2) is 8.81. The van der Waals surface area contributed by atoms with Gasteiger partial charge in [-0.05, 0) is 42.0 Å².